The SMILES string of the molecule is CN(c1ccccc1CC(=O)N1CCCCC1)c1c(Cl)cccc1Cl. The van der Waals surface area contributed by atoms with Crippen LogP contribution in [0.25, 0.3) is 0 Å². The molecule has 1 aliphatic rings. The Bertz CT molecular complexity index is 737. The quantitative estimate of drug-likeness (QED) is 0.720. The maximum absolute atomic E-state index is 12.7. The Kier molecular flexibility index (Phi) is 5.87. The van der Waals surface area contributed by atoms with Gasteiger partial charge in [0.25, 0.3) is 0 Å². The van der Waals surface area contributed by atoms with Crippen LogP contribution in [0.5, 0.6) is 0 Å². The average Bonchev–Trinajstić information content (AvgIpc) is 2.62. The van der Waals surface area contributed by atoms with Crippen LogP contribution < -0.4 is 4.90 Å². The number of amides is 1. The molecule has 5 heteroatoms. The number of piperidine rings is 1. The van der Waals surface area contributed by atoms with Gasteiger partial charge in [-0.15, -0.1) is 0 Å². The summed E-state index contributed by atoms with van der Waals surface area (Å²) in [6.45, 7) is 1.74. The molecule has 3 nitrogen and oxygen atoms in total. The van der Waals surface area contributed by atoms with E-state index >= 15 is 0 Å². The smallest absolute Gasteiger partial charge is 0.227 e. The average molecular weight is 377 g/mol. The number of anilines is 2. The lowest BCUT2D eigenvalue weighted by atomic mass is 10.1. The Morgan fingerprint density at radius 2 is 1.64 bits per heavy atom. The minimum Gasteiger partial charge on any atom is -0.342 e. The number of halogens is 2. The van der Waals surface area contributed by atoms with Crippen LogP contribution in [0.4, 0.5) is 11.4 Å². The predicted octanol–water partition coefficient (Wildman–Crippen LogP) is 5.32. The molecule has 0 bridgehead atoms. The van der Waals surface area contributed by atoms with Gasteiger partial charge in [0.15, 0.2) is 0 Å². The van der Waals surface area contributed by atoms with E-state index in [2.05, 4.69) is 0 Å². The van der Waals surface area contributed by atoms with Crippen molar-refractivity contribution in [1.29, 1.82) is 0 Å². The van der Waals surface area contributed by atoms with Crippen molar-refractivity contribution in [3.8, 4) is 0 Å². The van der Waals surface area contributed by atoms with E-state index in [0.29, 0.717) is 16.5 Å². The lowest BCUT2D eigenvalue weighted by molar-refractivity contribution is -0.131. The van der Waals surface area contributed by atoms with Crippen LogP contribution >= 0.6 is 23.2 Å². The highest BCUT2D eigenvalue weighted by molar-refractivity contribution is 6.39. The highest BCUT2D eigenvalue weighted by Gasteiger charge is 2.20. The van der Waals surface area contributed by atoms with Crippen LogP contribution in [0.15, 0.2) is 42.5 Å². The van der Waals surface area contributed by atoms with Crippen LogP contribution in [0.2, 0.25) is 10.0 Å². The van der Waals surface area contributed by atoms with Gasteiger partial charge in [0.1, 0.15) is 0 Å². The standard InChI is InChI=1S/C20H22Cl2N2O/c1-23(20-16(21)9-7-10-17(20)22)18-11-4-3-8-15(18)14-19(25)24-12-5-2-6-13-24/h3-4,7-11H,2,5-6,12-14H2,1H3. The number of carbonyl (C=O) groups is 1. The molecular formula is C20H22Cl2N2O. The third-order valence-corrected chi connectivity index (χ3v) is 5.29. The van der Waals surface area contributed by atoms with E-state index in [-0.39, 0.29) is 5.91 Å². The summed E-state index contributed by atoms with van der Waals surface area (Å²) in [4.78, 5) is 16.6. The Balaban J connectivity index is 1.86. The summed E-state index contributed by atoms with van der Waals surface area (Å²) in [5, 5.41) is 1.18. The van der Waals surface area contributed by atoms with Gasteiger partial charge in [-0.25, -0.2) is 0 Å². The molecule has 1 saturated heterocycles. The van der Waals surface area contributed by atoms with Gasteiger partial charge in [-0.05, 0) is 43.0 Å². The van der Waals surface area contributed by atoms with Crippen molar-refractivity contribution in [2.24, 2.45) is 0 Å². The minimum atomic E-state index is 0.186. The fraction of sp³-hybridized carbons (Fsp3) is 0.350. The molecule has 1 fully saturated rings. The van der Waals surface area contributed by atoms with Gasteiger partial charge in [0.05, 0.1) is 22.2 Å². The molecule has 0 aliphatic carbocycles. The lowest BCUT2D eigenvalue weighted by Crippen LogP contribution is -2.36. The molecule has 1 aliphatic heterocycles. The Morgan fingerprint density at radius 1 is 1.00 bits per heavy atom. The largest absolute Gasteiger partial charge is 0.342 e. The van der Waals surface area contributed by atoms with Crippen molar-refractivity contribution in [2.45, 2.75) is 25.7 Å². The molecule has 0 saturated carbocycles. The summed E-state index contributed by atoms with van der Waals surface area (Å²) in [5.74, 6) is 0.186. The van der Waals surface area contributed by atoms with Crippen molar-refractivity contribution in [3.63, 3.8) is 0 Å². The Labute approximate surface area is 159 Å². The first-order chi connectivity index (χ1) is 12.1. The molecule has 0 atom stereocenters. The molecule has 0 unspecified atom stereocenters. The predicted molar refractivity (Wildman–Crippen MR) is 105 cm³/mol. The molecule has 3 rings (SSSR count). The summed E-state index contributed by atoms with van der Waals surface area (Å²) in [7, 11) is 1.93. The molecule has 0 radical (unpaired) electrons. The molecule has 2 aromatic carbocycles. The number of carbonyl (C=O) groups excluding carboxylic acids is 1. The number of para-hydroxylation sites is 2. The second kappa shape index (κ2) is 8.11. The molecular weight excluding hydrogens is 355 g/mol. The monoisotopic (exact) mass is 376 g/mol. The first-order valence-electron chi connectivity index (χ1n) is 8.61. The summed E-state index contributed by atoms with van der Waals surface area (Å²) >= 11 is 12.7. The third-order valence-electron chi connectivity index (χ3n) is 4.68. The second-order valence-electron chi connectivity index (χ2n) is 6.38. The molecule has 2 aromatic rings. The van der Waals surface area contributed by atoms with Crippen LogP contribution in [-0.4, -0.2) is 30.9 Å². The van der Waals surface area contributed by atoms with E-state index in [1.165, 1.54) is 6.42 Å². The van der Waals surface area contributed by atoms with Gasteiger partial charge in [0.2, 0.25) is 5.91 Å². The van der Waals surface area contributed by atoms with Gasteiger partial charge in [-0.3, -0.25) is 4.79 Å². The molecule has 132 valence electrons. The number of nitrogens with zero attached hydrogens (tertiary/aromatic N) is 2. The third kappa shape index (κ3) is 4.10. The summed E-state index contributed by atoms with van der Waals surface area (Å²) < 4.78 is 0. The van der Waals surface area contributed by atoms with E-state index in [1.54, 1.807) is 0 Å². The summed E-state index contributed by atoms with van der Waals surface area (Å²) in [6, 6.07) is 13.4. The molecule has 1 heterocycles. The van der Waals surface area contributed by atoms with Crippen molar-refractivity contribution < 1.29 is 4.79 Å². The van der Waals surface area contributed by atoms with E-state index in [9.17, 15) is 4.79 Å². The van der Waals surface area contributed by atoms with E-state index < -0.39 is 0 Å². The maximum atomic E-state index is 12.7. The number of benzene rings is 2. The number of rotatable bonds is 4. The molecule has 0 N–H and O–H groups in total. The normalized spacial score (nSPS) is 14.4. The highest BCUT2D eigenvalue weighted by atomic mass is 35.5. The van der Waals surface area contributed by atoms with Crippen LogP contribution in [0.3, 0.4) is 0 Å². The van der Waals surface area contributed by atoms with Gasteiger partial charge in [-0.1, -0.05) is 47.5 Å². The van der Waals surface area contributed by atoms with E-state index in [1.807, 2.05) is 59.3 Å². The maximum Gasteiger partial charge on any atom is 0.227 e. The van der Waals surface area contributed by atoms with Crippen molar-refractivity contribution in [2.75, 3.05) is 25.0 Å². The lowest BCUT2D eigenvalue weighted by Gasteiger charge is -2.28. The fourth-order valence-electron chi connectivity index (χ4n) is 3.34. The zero-order chi connectivity index (χ0) is 17.8. The summed E-state index contributed by atoms with van der Waals surface area (Å²) in [6.07, 6.45) is 3.81. The topological polar surface area (TPSA) is 23.6 Å². The first-order valence-corrected chi connectivity index (χ1v) is 9.37. The molecule has 25 heavy (non-hydrogen) atoms. The Hall–Kier alpha value is -1.71. The van der Waals surface area contributed by atoms with Crippen molar-refractivity contribution in [1.82, 2.24) is 4.90 Å². The second-order valence-corrected chi connectivity index (χ2v) is 7.19. The van der Waals surface area contributed by atoms with Crippen molar-refractivity contribution in [3.05, 3.63) is 58.1 Å². The fourth-order valence-corrected chi connectivity index (χ4v) is 3.99. The molecule has 0 aromatic heterocycles. The number of hydrogen-bond donors (Lipinski definition) is 0. The zero-order valence-corrected chi connectivity index (χ0v) is 15.9. The molecule has 0 spiro atoms. The molecule has 1 amide bonds. The van der Waals surface area contributed by atoms with Gasteiger partial charge >= 0.3 is 0 Å². The Morgan fingerprint density at radius 3 is 2.32 bits per heavy atom. The van der Waals surface area contributed by atoms with Gasteiger partial charge in [-0.2, -0.15) is 0 Å². The van der Waals surface area contributed by atoms with Crippen LogP contribution in [0, 0.1) is 0 Å². The number of likely N-dealkylation sites (tertiary alicyclic amines) is 1. The van der Waals surface area contributed by atoms with Gasteiger partial charge in [0, 0.05) is 25.8 Å². The van der Waals surface area contributed by atoms with Crippen molar-refractivity contribution >= 4 is 40.5 Å². The van der Waals surface area contributed by atoms with E-state index in [4.69, 9.17) is 23.2 Å². The van der Waals surface area contributed by atoms with Crippen LogP contribution in [-0.2, 0) is 11.2 Å². The van der Waals surface area contributed by atoms with Gasteiger partial charge < -0.3 is 9.80 Å². The minimum absolute atomic E-state index is 0.186. The summed E-state index contributed by atoms with van der Waals surface area (Å²) in [5.41, 5.74) is 2.68. The first kappa shape index (κ1) is 18.1. The highest BCUT2D eigenvalue weighted by Crippen LogP contribution is 2.38. The number of hydrogen-bond acceptors (Lipinski definition) is 2. The zero-order valence-electron chi connectivity index (χ0n) is 14.3. The van der Waals surface area contributed by atoms with Crippen LogP contribution in [0.1, 0.15) is 24.8 Å². The van der Waals surface area contributed by atoms with E-state index in [0.717, 1.165) is 42.9 Å².